The van der Waals surface area contributed by atoms with Gasteiger partial charge in [0.15, 0.2) is 0 Å². The van der Waals surface area contributed by atoms with Gasteiger partial charge >= 0.3 is 0 Å². The zero-order valence-electron chi connectivity index (χ0n) is 15.5. The average molecular weight is 370 g/mol. The Balaban J connectivity index is 2.07. The number of ether oxygens (including phenoxy) is 1. The highest BCUT2D eigenvalue weighted by Gasteiger charge is 2.24. The minimum Gasteiger partial charge on any atom is -0.497 e. The zero-order valence-corrected chi connectivity index (χ0v) is 16.3. The van der Waals surface area contributed by atoms with Crippen LogP contribution in [0.1, 0.15) is 51.1 Å². The van der Waals surface area contributed by atoms with Gasteiger partial charge in [0.2, 0.25) is 0 Å². The molecule has 0 spiro atoms. The normalized spacial score (nSPS) is 17.1. The van der Waals surface area contributed by atoms with E-state index < -0.39 is 10.2 Å². The molecule has 1 aliphatic rings. The number of rotatable bonds is 10. The molecule has 0 bridgehead atoms. The van der Waals surface area contributed by atoms with E-state index in [0.717, 1.165) is 50.1 Å². The van der Waals surface area contributed by atoms with Crippen LogP contribution in [0.15, 0.2) is 24.3 Å². The van der Waals surface area contributed by atoms with Gasteiger partial charge in [-0.1, -0.05) is 38.8 Å². The fourth-order valence-corrected chi connectivity index (χ4v) is 4.58. The van der Waals surface area contributed by atoms with Gasteiger partial charge in [0.05, 0.1) is 7.11 Å². The van der Waals surface area contributed by atoms with Crippen LogP contribution in [0.2, 0.25) is 0 Å². The molecule has 0 aliphatic heterocycles. The van der Waals surface area contributed by atoms with Crippen LogP contribution < -0.4 is 14.2 Å². The summed E-state index contributed by atoms with van der Waals surface area (Å²) in [4.78, 5) is 2.25. The van der Waals surface area contributed by atoms with E-state index in [1.807, 2.05) is 24.3 Å². The molecule has 1 aromatic carbocycles. The minimum atomic E-state index is -3.48. The number of nitrogens with zero attached hydrogens (tertiary/aromatic N) is 1. The fraction of sp³-hybridized carbons (Fsp3) is 0.667. The molecule has 2 N–H and O–H groups in total. The molecule has 0 aromatic heterocycles. The highest BCUT2D eigenvalue weighted by molar-refractivity contribution is 7.87. The first-order valence-corrected chi connectivity index (χ1v) is 10.6. The van der Waals surface area contributed by atoms with Crippen molar-refractivity contribution in [2.24, 2.45) is 0 Å². The van der Waals surface area contributed by atoms with E-state index in [-0.39, 0.29) is 12.1 Å². The zero-order chi connectivity index (χ0) is 18.3. The van der Waals surface area contributed by atoms with Crippen molar-refractivity contribution < 1.29 is 13.2 Å². The summed E-state index contributed by atoms with van der Waals surface area (Å²) in [7, 11) is -1.84. The Kier molecular flexibility index (Phi) is 7.68. The maximum atomic E-state index is 12.4. The Morgan fingerprint density at radius 2 is 1.76 bits per heavy atom. The summed E-state index contributed by atoms with van der Waals surface area (Å²) in [6.07, 6.45) is 4.06. The third-order valence-corrected chi connectivity index (χ3v) is 6.09. The van der Waals surface area contributed by atoms with E-state index in [1.54, 1.807) is 7.11 Å². The number of nitrogens with one attached hydrogen (secondary N) is 2. The average Bonchev–Trinajstić information content (AvgIpc) is 3.11. The van der Waals surface area contributed by atoms with Crippen LogP contribution in [0, 0.1) is 0 Å². The molecular weight excluding hydrogens is 338 g/mol. The molecule has 1 saturated carbocycles. The van der Waals surface area contributed by atoms with E-state index >= 15 is 0 Å². The Morgan fingerprint density at radius 3 is 2.28 bits per heavy atom. The first-order chi connectivity index (χ1) is 12.0. The predicted molar refractivity (Wildman–Crippen MR) is 101 cm³/mol. The third kappa shape index (κ3) is 5.95. The lowest BCUT2D eigenvalue weighted by Gasteiger charge is -2.30. The lowest BCUT2D eigenvalue weighted by atomic mass is 10.1. The molecule has 1 aliphatic carbocycles. The number of likely N-dealkylation sites (N-methyl/N-ethyl adjacent to an activating group) is 1. The second-order valence-electron chi connectivity index (χ2n) is 6.46. The van der Waals surface area contributed by atoms with Crippen LogP contribution >= 0.6 is 0 Å². The second-order valence-corrected chi connectivity index (χ2v) is 7.99. The van der Waals surface area contributed by atoms with Crippen molar-refractivity contribution in [2.45, 2.75) is 51.6 Å². The molecule has 0 radical (unpaired) electrons. The Labute approximate surface area is 152 Å². The summed E-state index contributed by atoms with van der Waals surface area (Å²) in [5.74, 6) is 0.797. The molecule has 0 heterocycles. The van der Waals surface area contributed by atoms with Crippen molar-refractivity contribution in [3.05, 3.63) is 29.8 Å². The number of hydrogen-bond donors (Lipinski definition) is 2. The molecule has 1 unspecified atom stereocenters. The van der Waals surface area contributed by atoms with Gasteiger partial charge in [0.25, 0.3) is 10.2 Å². The van der Waals surface area contributed by atoms with Gasteiger partial charge in [-0.25, -0.2) is 4.72 Å². The molecular formula is C18H31N3O3S. The number of methoxy groups -OCH3 is 1. The summed E-state index contributed by atoms with van der Waals surface area (Å²) < 4.78 is 35.5. The lowest BCUT2D eigenvalue weighted by Crippen LogP contribution is -2.45. The molecule has 142 valence electrons. The Bertz CT molecular complexity index is 609. The summed E-state index contributed by atoms with van der Waals surface area (Å²) in [5, 5.41) is 0. The molecule has 1 atom stereocenters. The van der Waals surface area contributed by atoms with Crippen molar-refractivity contribution in [3.63, 3.8) is 0 Å². The second kappa shape index (κ2) is 9.52. The SMILES string of the molecule is CCN(CC)C(CNS(=O)(=O)NC1CCCC1)c1ccc(OC)cc1. The van der Waals surface area contributed by atoms with Crippen molar-refractivity contribution in [1.82, 2.24) is 14.3 Å². The van der Waals surface area contributed by atoms with Crippen molar-refractivity contribution >= 4 is 10.2 Å². The lowest BCUT2D eigenvalue weighted by molar-refractivity contribution is 0.219. The fourth-order valence-electron chi connectivity index (χ4n) is 3.44. The highest BCUT2D eigenvalue weighted by Crippen LogP contribution is 2.23. The third-order valence-electron chi connectivity index (χ3n) is 4.90. The van der Waals surface area contributed by atoms with Crippen LogP contribution in [0.25, 0.3) is 0 Å². The Morgan fingerprint density at radius 1 is 1.16 bits per heavy atom. The molecule has 7 heteroatoms. The van der Waals surface area contributed by atoms with Gasteiger partial charge in [-0.05, 0) is 43.6 Å². The number of hydrogen-bond acceptors (Lipinski definition) is 4. The Hall–Kier alpha value is -1.15. The maximum Gasteiger partial charge on any atom is 0.277 e. The van der Waals surface area contributed by atoms with Gasteiger partial charge in [-0.2, -0.15) is 13.1 Å². The summed E-state index contributed by atoms with van der Waals surface area (Å²) in [5.41, 5.74) is 1.08. The molecule has 1 fully saturated rings. The van der Waals surface area contributed by atoms with E-state index in [9.17, 15) is 8.42 Å². The van der Waals surface area contributed by atoms with Crippen molar-refractivity contribution in [3.8, 4) is 5.75 Å². The summed E-state index contributed by atoms with van der Waals surface area (Å²) in [6.45, 7) is 6.22. The van der Waals surface area contributed by atoms with Crippen molar-refractivity contribution in [1.29, 1.82) is 0 Å². The van der Waals surface area contributed by atoms with Gasteiger partial charge in [-0.3, -0.25) is 4.90 Å². The van der Waals surface area contributed by atoms with Gasteiger partial charge < -0.3 is 4.74 Å². The van der Waals surface area contributed by atoms with Crippen molar-refractivity contribution in [2.75, 3.05) is 26.7 Å². The van der Waals surface area contributed by atoms with E-state index in [0.29, 0.717) is 6.54 Å². The molecule has 2 rings (SSSR count). The van der Waals surface area contributed by atoms with Crippen LogP contribution in [0.4, 0.5) is 0 Å². The first-order valence-electron chi connectivity index (χ1n) is 9.14. The quantitative estimate of drug-likeness (QED) is 0.665. The largest absolute Gasteiger partial charge is 0.497 e. The van der Waals surface area contributed by atoms with E-state index in [4.69, 9.17) is 4.74 Å². The molecule has 6 nitrogen and oxygen atoms in total. The molecule has 1 aromatic rings. The molecule has 0 saturated heterocycles. The van der Waals surface area contributed by atoms with E-state index in [2.05, 4.69) is 28.2 Å². The predicted octanol–water partition coefficient (Wildman–Crippen LogP) is 2.44. The number of benzene rings is 1. The van der Waals surface area contributed by atoms with Crippen LogP contribution in [-0.2, 0) is 10.2 Å². The summed E-state index contributed by atoms with van der Waals surface area (Å²) >= 11 is 0. The minimum absolute atomic E-state index is 0.0129. The van der Waals surface area contributed by atoms with Gasteiger partial charge in [-0.15, -0.1) is 0 Å². The van der Waals surface area contributed by atoms with Crippen LogP contribution in [-0.4, -0.2) is 46.1 Å². The topological polar surface area (TPSA) is 70.7 Å². The standard InChI is InChI=1S/C18H31N3O3S/c1-4-21(5-2)18(15-10-12-17(24-3)13-11-15)14-19-25(22,23)20-16-8-6-7-9-16/h10-13,16,18-20H,4-9,14H2,1-3H3. The maximum absolute atomic E-state index is 12.4. The molecule has 25 heavy (non-hydrogen) atoms. The van der Waals surface area contributed by atoms with Gasteiger partial charge in [0, 0.05) is 18.6 Å². The summed E-state index contributed by atoms with van der Waals surface area (Å²) in [6, 6.07) is 7.89. The van der Waals surface area contributed by atoms with Crippen LogP contribution in [0.5, 0.6) is 5.75 Å². The van der Waals surface area contributed by atoms with Gasteiger partial charge in [0.1, 0.15) is 5.75 Å². The highest BCUT2D eigenvalue weighted by atomic mass is 32.2. The first kappa shape index (κ1) is 20.2. The van der Waals surface area contributed by atoms with E-state index in [1.165, 1.54) is 0 Å². The monoisotopic (exact) mass is 369 g/mol. The molecule has 0 amide bonds. The smallest absolute Gasteiger partial charge is 0.277 e. The van der Waals surface area contributed by atoms with Crippen LogP contribution in [0.3, 0.4) is 0 Å².